The van der Waals surface area contributed by atoms with E-state index in [4.69, 9.17) is 16.3 Å². The quantitative estimate of drug-likeness (QED) is 0.358. The zero-order valence-electron chi connectivity index (χ0n) is 20.0. The summed E-state index contributed by atoms with van der Waals surface area (Å²) in [5, 5.41) is 0. The van der Waals surface area contributed by atoms with Crippen LogP contribution in [0.4, 0.5) is 5.69 Å². The van der Waals surface area contributed by atoms with Gasteiger partial charge >= 0.3 is 5.69 Å². The summed E-state index contributed by atoms with van der Waals surface area (Å²) in [7, 11) is 3.96. The van der Waals surface area contributed by atoms with Crippen molar-refractivity contribution in [2.24, 2.45) is 0 Å². The highest BCUT2D eigenvalue weighted by atomic mass is 16.5. The third-order valence-electron chi connectivity index (χ3n) is 6.58. The van der Waals surface area contributed by atoms with Crippen molar-refractivity contribution in [1.82, 2.24) is 33.6 Å². The molecule has 0 spiro atoms. The Kier molecular flexibility index (Phi) is 5.27. The Morgan fingerprint density at radius 2 is 2.03 bits per heavy atom. The molecule has 0 saturated heterocycles. The van der Waals surface area contributed by atoms with Gasteiger partial charge in [-0.15, -0.1) is 0 Å². The van der Waals surface area contributed by atoms with Gasteiger partial charge in [-0.3, -0.25) is 13.7 Å². The van der Waals surface area contributed by atoms with Crippen LogP contribution < -0.4 is 10.4 Å². The average Bonchev–Trinajstić information content (AvgIpc) is 3.44. The van der Waals surface area contributed by atoms with Crippen LogP contribution >= 0.6 is 0 Å². The zero-order chi connectivity index (χ0) is 24.8. The van der Waals surface area contributed by atoms with Crippen molar-refractivity contribution in [3.63, 3.8) is 0 Å². The molecule has 1 atom stereocenters. The fraction of sp³-hybridized carbons (Fsp3) is 0.269. The molecule has 0 fully saturated rings. The second-order valence-corrected chi connectivity index (χ2v) is 9.08. The van der Waals surface area contributed by atoms with Gasteiger partial charge < -0.3 is 9.64 Å². The van der Waals surface area contributed by atoms with Gasteiger partial charge in [-0.1, -0.05) is 24.3 Å². The molecule has 4 heterocycles. The van der Waals surface area contributed by atoms with Crippen LogP contribution in [0.5, 0.6) is 5.75 Å². The molecule has 2 aromatic carbocycles. The Morgan fingerprint density at radius 1 is 1.17 bits per heavy atom. The van der Waals surface area contributed by atoms with Crippen molar-refractivity contribution in [3.8, 4) is 11.7 Å². The van der Waals surface area contributed by atoms with E-state index < -0.39 is 0 Å². The standard InChI is InChI=1S/C26H24N8O2/c1-27-17-8-9-19-21(14-17)33(16-29-19)25-28-15-22-24(30-25)34(26(35)32(22)12-11-31(2)3)20-10-13-36-23-7-5-4-6-18(20)23/h4-9,14-16,20H,10-13H2,2-3H3/t20-/m1/s1. The van der Waals surface area contributed by atoms with Crippen LogP contribution in [0.3, 0.4) is 0 Å². The van der Waals surface area contributed by atoms with E-state index in [2.05, 4.69) is 14.8 Å². The predicted octanol–water partition coefficient (Wildman–Crippen LogP) is 3.42. The number of imidazole rings is 2. The molecule has 0 radical (unpaired) electrons. The number of likely N-dealkylation sites (N-methyl/N-ethyl adjacent to an activating group) is 1. The lowest BCUT2D eigenvalue weighted by Crippen LogP contribution is -2.32. The van der Waals surface area contributed by atoms with Gasteiger partial charge in [-0.25, -0.2) is 19.6 Å². The van der Waals surface area contributed by atoms with E-state index in [9.17, 15) is 4.79 Å². The Morgan fingerprint density at radius 3 is 2.86 bits per heavy atom. The number of nitrogens with zero attached hydrogens (tertiary/aromatic N) is 8. The van der Waals surface area contributed by atoms with Gasteiger partial charge in [-0.2, -0.15) is 4.98 Å². The average molecular weight is 481 g/mol. The van der Waals surface area contributed by atoms with Gasteiger partial charge in [0, 0.05) is 25.1 Å². The number of aromatic nitrogens is 6. The number of benzene rings is 2. The minimum Gasteiger partial charge on any atom is -0.493 e. The summed E-state index contributed by atoms with van der Waals surface area (Å²) in [5.74, 6) is 1.18. The normalized spacial score (nSPS) is 15.2. The summed E-state index contributed by atoms with van der Waals surface area (Å²) in [6, 6.07) is 13.0. The first-order valence-electron chi connectivity index (χ1n) is 11.7. The summed E-state index contributed by atoms with van der Waals surface area (Å²) in [6.45, 7) is 9.10. The van der Waals surface area contributed by atoms with Crippen LogP contribution in [0.15, 0.2) is 59.8 Å². The van der Waals surface area contributed by atoms with E-state index in [-0.39, 0.29) is 11.7 Å². The number of hydrogen-bond donors (Lipinski definition) is 0. The predicted molar refractivity (Wildman–Crippen MR) is 136 cm³/mol. The van der Waals surface area contributed by atoms with E-state index in [1.54, 1.807) is 38.4 Å². The molecule has 6 rings (SSSR count). The minimum atomic E-state index is -0.207. The van der Waals surface area contributed by atoms with Gasteiger partial charge in [0.05, 0.1) is 36.5 Å². The van der Waals surface area contributed by atoms with Crippen molar-refractivity contribution in [3.05, 3.63) is 82.5 Å². The van der Waals surface area contributed by atoms with Crippen molar-refractivity contribution in [2.75, 3.05) is 27.2 Å². The highest BCUT2D eigenvalue weighted by Gasteiger charge is 2.28. The largest absolute Gasteiger partial charge is 0.493 e. The van der Waals surface area contributed by atoms with Gasteiger partial charge in [0.1, 0.15) is 17.6 Å². The van der Waals surface area contributed by atoms with Crippen molar-refractivity contribution in [2.45, 2.75) is 19.0 Å². The van der Waals surface area contributed by atoms with Crippen molar-refractivity contribution in [1.29, 1.82) is 0 Å². The monoisotopic (exact) mass is 480 g/mol. The molecule has 1 aliphatic rings. The van der Waals surface area contributed by atoms with Crippen LogP contribution in [-0.2, 0) is 6.54 Å². The van der Waals surface area contributed by atoms with E-state index in [1.807, 2.05) is 49.3 Å². The third-order valence-corrected chi connectivity index (χ3v) is 6.58. The molecule has 0 unspecified atom stereocenters. The first kappa shape index (κ1) is 22.0. The lowest BCUT2D eigenvalue weighted by molar-refractivity contribution is 0.255. The SMILES string of the molecule is [C-]#[N+]c1ccc2ncn(-c3ncc4c(n3)n([C@@H]3CCOc5ccccc53)c(=O)n4CCN(C)C)c2c1. The molecule has 0 amide bonds. The maximum Gasteiger partial charge on any atom is 0.330 e. The molecule has 1 aliphatic heterocycles. The fourth-order valence-corrected chi connectivity index (χ4v) is 4.78. The summed E-state index contributed by atoms with van der Waals surface area (Å²) in [6.07, 6.45) is 4.02. The van der Waals surface area contributed by atoms with Crippen LogP contribution in [0.2, 0.25) is 0 Å². The highest BCUT2D eigenvalue weighted by molar-refractivity contribution is 5.81. The van der Waals surface area contributed by atoms with Gasteiger partial charge in [0.15, 0.2) is 11.3 Å². The summed E-state index contributed by atoms with van der Waals surface area (Å²) < 4.78 is 11.2. The molecule has 0 N–H and O–H groups in total. The zero-order valence-corrected chi connectivity index (χ0v) is 20.0. The lowest BCUT2D eigenvalue weighted by Gasteiger charge is -2.26. The van der Waals surface area contributed by atoms with Gasteiger partial charge in [0.25, 0.3) is 0 Å². The summed E-state index contributed by atoms with van der Waals surface area (Å²) in [4.78, 5) is 33.4. The Bertz CT molecular complexity index is 1710. The first-order valence-corrected chi connectivity index (χ1v) is 11.7. The van der Waals surface area contributed by atoms with Gasteiger partial charge in [-0.05, 0) is 32.3 Å². The molecule has 0 saturated carbocycles. The fourth-order valence-electron chi connectivity index (χ4n) is 4.78. The Balaban J connectivity index is 1.58. The smallest absolute Gasteiger partial charge is 0.330 e. The summed E-state index contributed by atoms with van der Waals surface area (Å²) >= 11 is 0. The maximum atomic E-state index is 13.9. The van der Waals surface area contributed by atoms with E-state index in [0.717, 1.165) is 22.3 Å². The molecule has 0 aliphatic carbocycles. The van der Waals surface area contributed by atoms with E-state index in [0.29, 0.717) is 48.9 Å². The Labute approximate surface area is 206 Å². The molecular weight excluding hydrogens is 456 g/mol. The third kappa shape index (κ3) is 3.52. The van der Waals surface area contributed by atoms with Crippen LogP contribution in [0.25, 0.3) is 33.0 Å². The van der Waals surface area contributed by atoms with Gasteiger partial charge in [0.2, 0.25) is 5.95 Å². The minimum absolute atomic E-state index is 0.120. The molecule has 10 heteroatoms. The van der Waals surface area contributed by atoms with E-state index in [1.165, 1.54) is 0 Å². The topological polar surface area (TPSA) is 87.4 Å². The molecule has 36 heavy (non-hydrogen) atoms. The summed E-state index contributed by atoms with van der Waals surface area (Å²) in [5.41, 5.74) is 4.08. The number of hydrogen-bond acceptors (Lipinski definition) is 6. The number of para-hydroxylation sites is 1. The lowest BCUT2D eigenvalue weighted by atomic mass is 10.0. The molecule has 10 nitrogen and oxygen atoms in total. The molecule has 3 aromatic heterocycles. The van der Waals surface area contributed by atoms with Crippen molar-refractivity contribution < 1.29 is 4.74 Å². The molecule has 5 aromatic rings. The molecule has 0 bridgehead atoms. The highest BCUT2D eigenvalue weighted by Crippen LogP contribution is 2.35. The number of ether oxygens (including phenoxy) is 1. The van der Waals surface area contributed by atoms with Crippen molar-refractivity contribution >= 4 is 27.9 Å². The van der Waals surface area contributed by atoms with Crippen LogP contribution in [0, 0.1) is 6.57 Å². The maximum absolute atomic E-state index is 13.9. The second-order valence-electron chi connectivity index (χ2n) is 9.08. The Hall–Kier alpha value is -4.49. The first-order chi connectivity index (χ1) is 17.5. The molecule has 180 valence electrons. The molecular formula is C26H24N8O2. The van der Waals surface area contributed by atoms with Crippen LogP contribution in [-0.4, -0.2) is 60.8 Å². The van der Waals surface area contributed by atoms with Crippen LogP contribution in [0.1, 0.15) is 18.0 Å². The number of rotatable bonds is 5. The van der Waals surface area contributed by atoms with E-state index >= 15 is 0 Å². The second kappa shape index (κ2) is 8.62. The number of fused-ring (bicyclic) bond motifs is 3.